The van der Waals surface area contributed by atoms with Gasteiger partial charge in [-0.25, -0.2) is 8.42 Å². The first kappa shape index (κ1) is 13.0. The van der Waals surface area contributed by atoms with Crippen LogP contribution in [-0.4, -0.2) is 19.1 Å². The molecule has 0 aliphatic carbocycles. The minimum absolute atomic E-state index is 0.428. The number of carbonyl (C=O) groups excluding carboxylic acids is 1. The van der Waals surface area contributed by atoms with Crippen molar-refractivity contribution in [3.8, 4) is 0 Å². The van der Waals surface area contributed by atoms with Crippen LogP contribution >= 0.6 is 0 Å². The van der Waals surface area contributed by atoms with E-state index in [4.69, 9.17) is 0 Å². The molecule has 0 aromatic heterocycles. The van der Waals surface area contributed by atoms with Gasteiger partial charge >= 0.3 is 0 Å². The summed E-state index contributed by atoms with van der Waals surface area (Å²) in [5, 5.41) is 11.3. The average Bonchev–Trinajstić information content (AvgIpc) is 2.26. The van der Waals surface area contributed by atoms with E-state index in [1.807, 2.05) is 0 Å². The molecule has 0 radical (unpaired) electrons. The van der Waals surface area contributed by atoms with E-state index >= 15 is 0 Å². The van der Waals surface area contributed by atoms with Crippen LogP contribution in [0.5, 0.6) is 0 Å². The molecule has 0 amide bonds. The van der Waals surface area contributed by atoms with Gasteiger partial charge in [-0.3, -0.25) is 14.9 Å². The second kappa shape index (κ2) is 4.88. The van der Waals surface area contributed by atoms with Crippen LogP contribution in [0.3, 0.4) is 0 Å². The topological polar surface area (TPSA) is 94.3 Å². The van der Waals surface area contributed by atoms with Crippen molar-refractivity contribution in [1.29, 1.82) is 0 Å². The number of nitro benzene ring substituents is 1. The van der Waals surface area contributed by atoms with Gasteiger partial charge in [0.1, 0.15) is 4.90 Å². The third-order valence-electron chi connectivity index (χ3n) is 1.85. The van der Waals surface area contributed by atoms with Crippen LogP contribution in [0, 0.1) is 10.1 Å². The number of para-hydroxylation sites is 1. The van der Waals surface area contributed by atoms with E-state index in [2.05, 4.69) is 0 Å². The Morgan fingerprint density at radius 3 is 2.47 bits per heavy atom. The maximum absolute atomic E-state index is 11.7. The number of benzene rings is 1. The van der Waals surface area contributed by atoms with Gasteiger partial charge in [0.25, 0.3) is 5.69 Å². The van der Waals surface area contributed by atoms with Crippen molar-refractivity contribution >= 4 is 21.3 Å². The molecule has 0 heterocycles. The Morgan fingerprint density at radius 2 is 1.94 bits per heavy atom. The molecular formula is C10H9NO5S. The van der Waals surface area contributed by atoms with Gasteiger partial charge in [-0.05, 0) is 19.1 Å². The molecule has 0 fully saturated rings. The van der Waals surface area contributed by atoms with E-state index in [9.17, 15) is 23.3 Å². The van der Waals surface area contributed by atoms with Crippen molar-refractivity contribution in [3.05, 3.63) is 45.9 Å². The van der Waals surface area contributed by atoms with E-state index in [0.29, 0.717) is 5.41 Å². The normalized spacial score (nSPS) is 11.6. The lowest BCUT2D eigenvalue weighted by atomic mass is 10.3. The minimum atomic E-state index is -3.97. The molecule has 6 nitrogen and oxygen atoms in total. The van der Waals surface area contributed by atoms with Crippen molar-refractivity contribution in [2.45, 2.75) is 11.8 Å². The summed E-state index contributed by atoms with van der Waals surface area (Å²) in [6, 6.07) is 4.96. The molecule has 0 atom stereocenters. The standard InChI is InChI=1S/C10H9NO5S/c1-8(12)6-7-17(15,16)10-5-3-2-4-9(10)11(13)14/h2-7H,1H3/b7-6-. The zero-order valence-electron chi connectivity index (χ0n) is 8.86. The molecule has 90 valence electrons. The summed E-state index contributed by atoms with van der Waals surface area (Å²) in [4.78, 5) is 20.1. The molecule has 17 heavy (non-hydrogen) atoms. The molecule has 1 aromatic rings. The Labute approximate surface area is 97.6 Å². The van der Waals surface area contributed by atoms with Crippen LogP contribution in [0.25, 0.3) is 0 Å². The number of allylic oxidation sites excluding steroid dienone is 1. The smallest absolute Gasteiger partial charge is 0.288 e. The Balaban J connectivity index is 3.34. The van der Waals surface area contributed by atoms with E-state index in [1.165, 1.54) is 19.1 Å². The molecule has 0 N–H and O–H groups in total. The Kier molecular flexibility index (Phi) is 3.74. The average molecular weight is 255 g/mol. The number of rotatable bonds is 4. The Bertz CT molecular complexity index is 588. The summed E-state index contributed by atoms with van der Waals surface area (Å²) >= 11 is 0. The predicted molar refractivity (Wildman–Crippen MR) is 60.1 cm³/mol. The molecule has 0 saturated carbocycles. The number of hydrogen-bond donors (Lipinski definition) is 0. The first-order valence-corrected chi connectivity index (χ1v) is 6.06. The van der Waals surface area contributed by atoms with Gasteiger partial charge < -0.3 is 0 Å². The molecule has 0 spiro atoms. The largest absolute Gasteiger partial charge is 0.295 e. The number of ketones is 1. The van der Waals surface area contributed by atoms with Crippen LogP contribution in [0.1, 0.15) is 6.92 Å². The highest BCUT2D eigenvalue weighted by Gasteiger charge is 2.22. The van der Waals surface area contributed by atoms with Gasteiger partial charge in [-0.2, -0.15) is 0 Å². The zero-order valence-corrected chi connectivity index (χ0v) is 9.68. The lowest BCUT2D eigenvalue weighted by Crippen LogP contribution is -2.02. The van der Waals surface area contributed by atoms with Crippen LogP contribution in [0.15, 0.2) is 40.6 Å². The molecule has 0 aliphatic rings. The van der Waals surface area contributed by atoms with Crippen LogP contribution in [0.4, 0.5) is 5.69 Å². The molecule has 1 rings (SSSR count). The summed E-state index contributed by atoms with van der Waals surface area (Å²) in [6.45, 7) is 1.19. The monoisotopic (exact) mass is 255 g/mol. The molecular weight excluding hydrogens is 246 g/mol. The molecule has 1 aromatic carbocycles. The van der Waals surface area contributed by atoms with Gasteiger partial charge in [0.2, 0.25) is 9.84 Å². The molecule has 0 saturated heterocycles. The third-order valence-corrected chi connectivity index (χ3v) is 3.30. The van der Waals surface area contributed by atoms with Crippen molar-refractivity contribution in [2.24, 2.45) is 0 Å². The SMILES string of the molecule is CC(=O)/C=C\S(=O)(=O)c1ccccc1[N+](=O)[O-]. The lowest BCUT2D eigenvalue weighted by molar-refractivity contribution is -0.387. The summed E-state index contributed by atoms with van der Waals surface area (Å²) in [6.07, 6.45) is 0.853. The van der Waals surface area contributed by atoms with Gasteiger partial charge in [0.15, 0.2) is 5.78 Å². The zero-order chi connectivity index (χ0) is 13.1. The summed E-state index contributed by atoms with van der Waals surface area (Å²) in [5.41, 5.74) is -0.513. The fourth-order valence-electron chi connectivity index (χ4n) is 1.11. The number of hydrogen-bond acceptors (Lipinski definition) is 5. The van der Waals surface area contributed by atoms with E-state index in [1.54, 1.807) is 0 Å². The van der Waals surface area contributed by atoms with Crippen molar-refractivity contribution in [1.82, 2.24) is 0 Å². The van der Waals surface area contributed by atoms with Crippen LogP contribution in [0.2, 0.25) is 0 Å². The second-order valence-electron chi connectivity index (χ2n) is 3.18. The van der Waals surface area contributed by atoms with Crippen LogP contribution in [-0.2, 0) is 14.6 Å². The van der Waals surface area contributed by atoms with Crippen molar-refractivity contribution < 1.29 is 18.1 Å². The van der Waals surface area contributed by atoms with Gasteiger partial charge in [-0.15, -0.1) is 0 Å². The van der Waals surface area contributed by atoms with E-state index in [0.717, 1.165) is 18.2 Å². The van der Waals surface area contributed by atoms with Gasteiger partial charge in [-0.1, -0.05) is 12.1 Å². The van der Waals surface area contributed by atoms with E-state index < -0.39 is 31.1 Å². The highest BCUT2D eigenvalue weighted by Crippen LogP contribution is 2.24. The first-order valence-electron chi connectivity index (χ1n) is 4.52. The summed E-state index contributed by atoms with van der Waals surface area (Å²) in [5.74, 6) is -0.452. The molecule has 7 heteroatoms. The van der Waals surface area contributed by atoms with Crippen molar-refractivity contribution in [2.75, 3.05) is 0 Å². The summed E-state index contributed by atoms with van der Waals surface area (Å²) < 4.78 is 23.4. The van der Waals surface area contributed by atoms with Crippen LogP contribution < -0.4 is 0 Å². The molecule has 0 unspecified atom stereocenters. The van der Waals surface area contributed by atoms with Crippen molar-refractivity contribution in [3.63, 3.8) is 0 Å². The second-order valence-corrected chi connectivity index (χ2v) is 4.99. The predicted octanol–water partition coefficient (Wildman–Crippen LogP) is 1.47. The molecule has 0 bridgehead atoms. The lowest BCUT2D eigenvalue weighted by Gasteiger charge is -1.99. The first-order chi connectivity index (χ1) is 7.84. The maximum Gasteiger partial charge on any atom is 0.288 e. The minimum Gasteiger partial charge on any atom is -0.295 e. The third kappa shape index (κ3) is 3.22. The fraction of sp³-hybridized carbons (Fsp3) is 0.100. The number of carbonyl (C=O) groups is 1. The highest BCUT2D eigenvalue weighted by molar-refractivity contribution is 7.94. The van der Waals surface area contributed by atoms with E-state index in [-0.39, 0.29) is 0 Å². The number of nitro groups is 1. The Hall–Kier alpha value is -2.02. The number of nitrogens with zero attached hydrogens (tertiary/aromatic N) is 1. The summed E-state index contributed by atoms with van der Waals surface area (Å²) in [7, 11) is -3.97. The quantitative estimate of drug-likeness (QED) is 0.461. The molecule has 0 aliphatic heterocycles. The highest BCUT2D eigenvalue weighted by atomic mass is 32.2. The Morgan fingerprint density at radius 1 is 1.35 bits per heavy atom. The maximum atomic E-state index is 11.7. The number of sulfone groups is 1. The van der Waals surface area contributed by atoms with Gasteiger partial charge in [0, 0.05) is 11.5 Å². The fourth-order valence-corrected chi connectivity index (χ4v) is 2.33. The van der Waals surface area contributed by atoms with Gasteiger partial charge in [0.05, 0.1) is 4.92 Å².